The summed E-state index contributed by atoms with van der Waals surface area (Å²) in [6, 6.07) is 0. The predicted molar refractivity (Wildman–Crippen MR) is 153 cm³/mol. The molecule has 40 heavy (non-hydrogen) atoms. The van der Waals surface area contributed by atoms with Gasteiger partial charge in [-0.2, -0.15) is 0 Å². The SMILES string of the molecule is COC(=O)[C@@]12CC[C@H](C)[C@@H](C)[C@H]1C1=CC[C@H]3[C@@]4(C)CC[C@H](OC(C)=O)C(C)(C)[C@@H]4CC[C@]3(C)[C@]1(C(=O)OC)CC2. The summed E-state index contributed by atoms with van der Waals surface area (Å²) in [5.74, 6) is 0.962. The van der Waals surface area contributed by atoms with Crippen LogP contribution in [-0.2, 0) is 28.6 Å². The van der Waals surface area contributed by atoms with Crippen molar-refractivity contribution in [2.24, 2.45) is 56.7 Å². The molecule has 0 radical (unpaired) electrons. The van der Waals surface area contributed by atoms with Gasteiger partial charge in [0.2, 0.25) is 0 Å². The van der Waals surface area contributed by atoms with Gasteiger partial charge >= 0.3 is 17.9 Å². The molecular weight excluding hydrogens is 504 g/mol. The van der Waals surface area contributed by atoms with Crippen molar-refractivity contribution in [1.82, 2.24) is 0 Å². The van der Waals surface area contributed by atoms with Gasteiger partial charge in [0, 0.05) is 12.3 Å². The van der Waals surface area contributed by atoms with Crippen LogP contribution in [0.15, 0.2) is 11.6 Å². The molecule has 0 aliphatic heterocycles. The van der Waals surface area contributed by atoms with Crippen molar-refractivity contribution >= 4 is 17.9 Å². The Balaban J connectivity index is 1.65. The third-order valence-corrected chi connectivity index (χ3v) is 13.8. The van der Waals surface area contributed by atoms with E-state index in [0.29, 0.717) is 30.6 Å². The highest BCUT2D eigenvalue weighted by Crippen LogP contribution is 2.76. The largest absolute Gasteiger partial charge is 0.469 e. The van der Waals surface area contributed by atoms with Gasteiger partial charge < -0.3 is 14.2 Å². The Morgan fingerprint density at radius 3 is 2.12 bits per heavy atom. The number of hydrogen-bond donors (Lipinski definition) is 0. The zero-order valence-electron chi connectivity index (χ0n) is 26.4. The first-order chi connectivity index (χ1) is 18.7. The van der Waals surface area contributed by atoms with Crippen molar-refractivity contribution in [1.29, 1.82) is 0 Å². The molecule has 0 amide bonds. The predicted octanol–water partition coefficient (Wildman–Crippen LogP) is 6.90. The molecule has 0 aromatic heterocycles. The highest BCUT2D eigenvalue weighted by atomic mass is 16.5. The van der Waals surface area contributed by atoms with Crippen molar-refractivity contribution in [3.05, 3.63) is 11.6 Å². The molecule has 0 spiro atoms. The average Bonchev–Trinajstić information content (AvgIpc) is 2.90. The first kappa shape index (κ1) is 29.6. The van der Waals surface area contributed by atoms with E-state index < -0.39 is 10.8 Å². The Hall–Kier alpha value is -1.85. The van der Waals surface area contributed by atoms with Crippen molar-refractivity contribution in [2.75, 3.05) is 14.2 Å². The van der Waals surface area contributed by atoms with E-state index in [1.165, 1.54) is 26.7 Å². The van der Waals surface area contributed by atoms with E-state index in [0.717, 1.165) is 44.9 Å². The van der Waals surface area contributed by atoms with Crippen LogP contribution in [0, 0.1) is 56.7 Å². The van der Waals surface area contributed by atoms with E-state index in [1.54, 1.807) is 0 Å². The number of rotatable bonds is 3. The molecule has 0 aromatic rings. The van der Waals surface area contributed by atoms with E-state index in [-0.39, 0.29) is 52.1 Å². The molecule has 0 N–H and O–H groups in total. The molecular formula is C34H52O6. The maximum Gasteiger partial charge on any atom is 0.316 e. The maximum absolute atomic E-state index is 14.3. The van der Waals surface area contributed by atoms with Gasteiger partial charge in [-0.05, 0) is 98.2 Å². The van der Waals surface area contributed by atoms with Crippen LogP contribution < -0.4 is 0 Å². The molecule has 5 rings (SSSR count). The van der Waals surface area contributed by atoms with Crippen LogP contribution in [0.5, 0.6) is 0 Å². The minimum atomic E-state index is -0.747. The van der Waals surface area contributed by atoms with Gasteiger partial charge in [0.15, 0.2) is 0 Å². The molecule has 6 nitrogen and oxygen atoms in total. The second kappa shape index (κ2) is 9.59. The summed E-state index contributed by atoms with van der Waals surface area (Å²) < 4.78 is 17.1. The van der Waals surface area contributed by atoms with Crippen molar-refractivity contribution < 1.29 is 28.6 Å². The molecule has 10 atom stereocenters. The van der Waals surface area contributed by atoms with Gasteiger partial charge in [-0.1, -0.05) is 53.2 Å². The summed E-state index contributed by atoms with van der Waals surface area (Å²) in [4.78, 5) is 39.9. The normalized spacial score (nSPS) is 47.3. The van der Waals surface area contributed by atoms with E-state index in [9.17, 15) is 14.4 Å². The summed E-state index contributed by atoms with van der Waals surface area (Å²) in [5, 5.41) is 0. The van der Waals surface area contributed by atoms with Gasteiger partial charge in [0.1, 0.15) is 6.10 Å². The molecule has 0 heterocycles. The number of carbonyl (C=O) groups excluding carboxylic acids is 3. The smallest absolute Gasteiger partial charge is 0.316 e. The fraction of sp³-hybridized carbons (Fsp3) is 0.853. The Labute approximate surface area is 241 Å². The highest BCUT2D eigenvalue weighted by molar-refractivity contribution is 5.86. The maximum atomic E-state index is 14.3. The molecule has 224 valence electrons. The van der Waals surface area contributed by atoms with Crippen LogP contribution >= 0.6 is 0 Å². The van der Waals surface area contributed by atoms with E-state index in [4.69, 9.17) is 14.2 Å². The molecule has 5 aliphatic carbocycles. The molecule has 0 aromatic carbocycles. The highest BCUT2D eigenvalue weighted by Gasteiger charge is 2.73. The average molecular weight is 557 g/mol. The first-order valence-corrected chi connectivity index (χ1v) is 15.7. The van der Waals surface area contributed by atoms with Gasteiger partial charge in [-0.25, -0.2) is 0 Å². The lowest BCUT2D eigenvalue weighted by Crippen LogP contribution is -2.68. The van der Waals surface area contributed by atoms with E-state index in [1.807, 2.05) is 0 Å². The Kier molecular flexibility index (Phi) is 7.11. The van der Waals surface area contributed by atoms with Gasteiger partial charge in [-0.15, -0.1) is 0 Å². The number of esters is 3. The van der Waals surface area contributed by atoms with Crippen molar-refractivity contribution in [3.63, 3.8) is 0 Å². The van der Waals surface area contributed by atoms with Gasteiger partial charge in [-0.3, -0.25) is 14.4 Å². The van der Waals surface area contributed by atoms with Crippen LogP contribution in [-0.4, -0.2) is 38.2 Å². The van der Waals surface area contributed by atoms with E-state index in [2.05, 4.69) is 47.6 Å². The topological polar surface area (TPSA) is 78.9 Å². The first-order valence-electron chi connectivity index (χ1n) is 15.7. The van der Waals surface area contributed by atoms with Gasteiger partial charge in [0.25, 0.3) is 0 Å². The number of carbonyl (C=O) groups is 3. The van der Waals surface area contributed by atoms with Gasteiger partial charge in [0.05, 0.1) is 25.0 Å². The summed E-state index contributed by atoms with van der Waals surface area (Å²) in [7, 11) is 3.05. The van der Waals surface area contributed by atoms with Crippen LogP contribution in [0.3, 0.4) is 0 Å². The molecule has 4 fully saturated rings. The quantitative estimate of drug-likeness (QED) is 0.214. The fourth-order valence-electron chi connectivity index (χ4n) is 11.7. The molecule has 0 saturated heterocycles. The molecule has 0 unspecified atom stereocenters. The van der Waals surface area contributed by atoms with Crippen molar-refractivity contribution in [2.45, 2.75) is 112 Å². The molecule has 4 saturated carbocycles. The lowest BCUT2D eigenvalue weighted by atomic mass is 9.33. The monoisotopic (exact) mass is 556 g/mol. The lowest BCUT2D eigenvalue weighted by molar-refractivity contribution is -0.222. The lowest BCUT2D eigenvalue weighted by Gasteiger charge is -2.70. The molecule has 6 heteroatoms. The van der Waals surface area contributed by atoms with E-state index >= 15 is 0 Å². The summed E-state index contributed by atoms with van der Waals surface area (Å²) in [5.41, 5.74) is -0.589. The number of methoxy groups -OCH3 is 2. The Morgan fingerprint density at radius 1 is 0.825 bits per heavy atom. The zero-order chi connectivity index (χ0) is 29.5. The zero-order valence-corrected chi connectivity index (χ0v) is 26.4. The van der Waals surface area contributed by atoms with Crippen LogP contribution in [0.1, 0.15) is 106 Å². The third-order valence-electron chi connectivity index (χ3n) is 13.8. The number of hydrogen-bond acceptors (Lipinski definition) is 6. The summed E-state index contributed by atoms with van der Waals surface area (Å²) in [6.07, 6.45) is 10.0. The third kappa shape index (κ3) is 3.62. The second-order valence-electron chi connectivity index (χ2n) is 15.3. The fourth-order valence-corrected chi connectivity index (χ4v) is 11.7. The Morgan fingerprint density at radius 2 is 1.50 bits per heavy atom. The number of allylic oxidation sites excluding steroid dienone is 1. The Bertz CT molecular complexity index is 1110. The standard InChI is InChI=1S/C34H52O6/c1-20-12-17-33(28(36)38-8)18-19-34(29(37)39-9)23(27(33)21(20)2)10-11-25-31(6)15-14-26(40-22(3)35)30(4,5)24(31)13-16-32(25,34)7/h10,20-21,24-27H,11-19H2,1-9H3/t20-,21+,24-,25-,26-,27-,31-,32-,33+,34+/m0/s1. The molecule has 5 aliphatic rings. The number of ether oxygens (including phenoxy) is 3. The van der Waals surface area contributed by atoms with Crippen LogP contribution in [0.4, 0.5) is 0 Å². The second-order valence-corrected chi connectivity index (χ2v) is 15.3. The minimum Gasteiger partial charge on any atom is -0.469 e. The molecule has 0 bridgehead atoms. The van der Waals surface area contributed by atoms with Crippen LogP contribution in [0.25, 0.3) is 0 Å². The number of fused-ring (bicyclic) bond motifs is 7. The summed E-state index contributed by atoms with van der Waals surface area (Å²) >= 11 is 0. The minimum absolute atomic E-state index is 0.00143. The van der Waals surface area contributed by atoms with Crippen LogP contribution in [0.2, 0.25) is 0 Å². The summed E-state index contributed by atoms with van der Waals surface area (Å²) in [6.45, 7) is 15.5. The van der Waals surface area contributed by atoms with Crippen molar-refractivity contribution in [3.8, 4) is 0 Å².